The SMILES string of the molecule is C=C[P](=O)C(C)C. The molecule has 0 N–H and O–H groups in total. The van der Waals surface area contributed by atoms with Crippen molar-refractivity contribution in [1.29, 1.82) is 0 Å². The van der Waals surface area contributed by atoms with Gasteiger partial charge in [-0.15, -0.1) is 0 Å². The Labute approximate surface area is 45.2 Å². The van der Waals surface area contributed by atoms with Crippen LogP contribution in [-0.2, 0) is 4.57 Å². The van der Waals surface area contributed by atoms with Gasteiger partial charge in [-0.3, -0.25) is 4.57 Å². The average Bonchev–Trinajstić information content (AvgIpc) is 1.65. The summed E-state index contributed by atoms with van der Waals surface area (Å²) < 4.78 is 10.5. The van der Waals surface area contributed by atoms with Crippen molar-refractivity contribution in [1.82, 2.24) is 0 Å². The maximum absolute atomic E-state index is 10.5. The van der Waals surface area contributed by atoms with Crippen LogP contribution in [0, 0.1) is 0 Å². The van der Waals surface area contributed by atoms with Gasteiger partial charge < -0.3 is 0 Å². The van der Waals surface area contributed by atoms with E-state index in [-0.39, 0.29) is 5.66 Å². The van der Waals surface area contributed by atoms with E-state index in [4.69, 9.17) is 0 Å². The predicted octanol–water partition coefficient (Wildman–Crippen LogP) is 2.37. The molecule has 0 spiro atoms. The third-order valence-electron chi connectivity index (χ3n) is 0.689. The lowest BCUT2D eigenvalue weighted by molar-refractivity contribution is 0.588. The maximum Gasteiger partial charge on any atom is 0.0985 e. The van der Waals surface area contributed by atoms with Crippen LogP contribution in [0.1, 0.15) is 13.8 Å². The first-order chi connectivity index (χ1) is 3.18. The summed E-state index contributed by atoms with van der Waals surface area (Å²) in [7, 11) is -1.12. The van der Waals surface area contributed by atoms with Crippen LogP contribution in [0.4, 0.5) is 0 Å². The summed E-state index contributed by atoms with van der Waals surface area (Å²) in [6.45, 7) is 7.23. The van der Waals surface area contributed by atoms with Crippen LogP contribution in [0.15, 0.2) is 12.4 Å². The maximum atomic E-state index is 10.5. The lowest BCUT2D eigenvalue weighted by Crippen LogP contribution is -1.80. The van der Waals surface area contributed by atoms with Crippen molar-refractivity contribution in [2.75, 3.05) is 0 Å². The molecule has 0 aliphatic heterocycles. The van der Waals surface area contributed by atoms with E-state index >= 15 is 0 Å². The van der Waals surface area contributed by atoms with Crippen LogP contribution >= 0.6 is 7.80 Å². The number of rotatable bonds is 2. The summed E-state index contributed by atoms with van der Waals surface area (Å²) in [5.74, 6) is 1.50. The fraction of sp³-hybridized carbons (Fsp3) is 0.600. The van der Waals surface area contributed by atoms with Crippen molar-refractivity contribution >= 4 is 7.80 Å². The molecule has 41 valence electrons. The average molecular weight is 117 g/mol. The smallest absolute Gasteiger partial charge is 0.0985 e. The second-order valence-corrected chi connectivity index (χ2v) is 3.75. The Balaban J connectivity index is 3.56. The van der Waals surface area contributed by atoms with Crippen LogP contribution in [0.25, 0.3) is 0 Å². The Hall–Kier alpha value is -0.160. The number of hydrogen-bond acceptors (Lipinski definition) is 1. The molecule has 0 heterocycles. The Bertz CT molecular complexity index is 86.1. The largest absolute Gasteiger partial charge is 0.282 e. The molecule has 1 atom stereocenters. The van der Waals surface area contributed by atoms with E-state index in [2.05, 4.69) is 6.58 Å². The van der Waals surface area contributed by atoms with E-state index in [1.807, 2.05) is 13.8 Å². The molecule has 2 heteroatoms. The molecule has 1 unspecified atom stereocenters. The van der Waals surface area contributed by atoms with Crippen LogP contribution in [0.5, 0.6) is 0 Å². The molecule has 0 saturated carbocycles. The zero-order chi connectivity index (χ0) is 5.86. The minimum atomic E-state index is -1.12. The molecule has 0 saturated heterocycles. The molecule has 0 aromatic rings. The van der Waals surface area contributed by atoms with Gasteiger partial charge in [-0.25, -0.2) is 0 Å². The molecule has 0 aromatic carbocycles. The molecule has 0 aromatic heterocycles. The number of hydrogen-bond donors (Lipinski definition) is 0. The first-order valence-corrected chi connectivity index (χ1v) is 3.66. The van der Waals surface area contributed by atoms with Gasteiger partial charge in [0.2, 0.25) is 0 Å². The summed E-state index contributed by atoms with van der Waals surface area (Å²) in [5.41, 5.74) is 0.257. The lowest BCUT2D eigenvalue weighted by Gasteiger charge is -1.93. The summed E-state index contributed by atoms with van der Waals surface area (Å²) in [5, 5.41) is 0. The topological polar surface area (TPSA) is 17.1 Å². The molecule has 0 bridgehead atoms. The molecule has 1 nitrogen and oxygen atoms in total. The quantitative estimate of drug-likeness (QED) is 0.507. The second kappa shape index (κ2) is 2.92. The van der Waals surface area contributed by atoms with Gasteiger partial charge in [0.05, 0.1) is 7.80 Å². The summed E-state index contributed by atoms with van der Waals surface area (Å²) in [6, 6.07) is 0. The Morgan fingerprint density at radius 3 is 2.14 bits per heavy atom. The van der Waals surface area contributed by atoms with E-state index in [9.17, 15) is 4.57 Å². The van der Waals surface area contributed by atoms with E-state index < -0.39 is 7.80 Å². The first-order valence-electron chi connectivity index (χ1n) is 2.26. The zero-order valence-corrected chi connectivity index (χ0v) is 5.61. The van der Waals surface area contributed by atoms with Crippen LogP contribution in [-0.4, -0.2) is 5.66 Å². The van der Waals surface area contributed by atoms with Crippen LogP contribution < -0.4 is 0 Å². The third kappa shape index (κ3) is 2.52. The molecular formula is C5H10OP. The van der Waals surface area contributed by atoms with Gasteiger partial charge in [-0.2, -0.15) is 0 Å². The predicted molar refractivity (Wildman–Crippen MR) is 32.9 cm³/mol. The van der Waals surface area contributed by atoms with Gasteiger partial charge in [-0.05, 0) is 5.82 Å². The minimum Gasteiger partial charge on any atom is -0.282 e. The van der Waals surface area contributed by atoms with E-state index in [1.54, 1.807) is 0 Å². The van der Waals surface area contributed by atoms with Crippen LogP contribution in [0.3, 0.4) is 0 Å². The summed E-state index contributed by atoms with van der Waals surface area (Å²) in [4.78, 5) is 0. The van der Waals surface area contributed by atoms with Gasteiger partial charge in [0.25, 0.3) is 0 Å². The highest BCUT2D eigenvalue weighted by Crippen LogP contribution is 2.26. The third-order valence-corrected chi connectivity index (χ3v) is 2.07. The second-order valence-electron chi connectivity index (χ2n) is 1.64. The molecular weight excluding hydrogens is 107 g/mol. The van der Waals surface area contributed by atoms with Gasteiger partial charge in [0, 0.05) is 5.66 Å². The van der Waals surface area contributed by atoms with Crippen molar-refractivity contribution in [3.05, 3.63) is 12.4 Å². The highest BCUT2D eigenvalue weighted by molar-refractivity contribution is 7.48. The highest BCUT2D eigenvalue weighted by Gasteiger charge is 1.96. The van der Waals surface area contributed by atoms with Crippen molar-refractivity contribution in [3.8, 4) is 0 Å². The van der Waals surface area contributed by atoms with Crippen molar-refractivity contribution in [2.24, 2.45) is 0 Å². The van der Waals surface area contributed by atoms with Crippen molar-refractivity contribution in [3.63, 3.8) is 0 Å². The van der Waals surface area contributed by atoms with Gasteiger partial charge >= 0.3 is 0 Å². The van der Waals surface area contributed by atoms with E-state index in [0.717, 1.165) is 0 Å². The fourth-order valence-electron chi connectivity index (χ4n) is 0.211. The standard InChI is InChI=1S/C5H10OP/c1-4-7(6)5(2)3/h4-5H,1H2,2-3H3. The highest BCUT2D eigenvalue weighted by atomic mass is 31.1. The molecule has 0 fully saturated rings. The van der Waals surface area contributed by atoms with E-state index in [1.165, 1.54) is 5.82 Å². The van der Waals surface area contributed by atoms with Crippen LogP contribution in [0.2, 0.25) is 0 Å². The van der Waals surface area contributed by atoms with Crippen molar-refractivity contribution in [2.45, 2.75) is 19.5 Å². The van der Waals surface area contributed by atoms with Gasteiger partial charge in [0.15, 0.2) is 0 Å². The summed E-state index contributed by atoms with van der Waals surface area (Å²) in [6.07, 6.45) is 0. The fourth-order valence-corrected chi connectivity index (χ4v) is 0.632. The lowest BCUT2D eigenvalue weighted by atomic mass is 10.6. The van der Waals surface area contributed by atoms with Gasteiger partial charge in [-0.1, -0.05) is 20.4 Å². The van der Waals surface area contributed by atoms with Gasteiger partial charge in [0.1, 0.15) is 0 Å². The monoisotopic (exact) mass is 117 g/mol. The van der Waals surface area contributed by atoms with Crippen molar-refractivity contribution < 1.29 is 4.57 Å². The molecule has 7 heavy (non-hydrogen) atoms. The molecule has 0 aliphatic carbocycles. The zero-order valence-electron chi connectivity index (χ0n) is 4.72. The minimum absolute atomic E-state index is 0.257. The Morgan fingerprint density at radius 2 is 2.14 bits per heavy atom. The normalized spacial score (nSPS) is 11.6. The first kappa shape index (κ1) is 6.84. The summed E-state index contributed by atoms with van der Waals surface area (Å²) >= 11 is 0. The Kier molecular flexibility index (Phi) is 2.86. The molecule has 0 amide bonds. The molecule has 0 aliphatic rings. The molecule has 0 rings (SSSR count). The van der Waals surface area contributed by atoms with E-state index in [0.29, 0.717) is 0 Å². The molecule has 1 radical (unpaired) electrons. The Morgan fingerprint density at radius 1 is 1.71 bits per heavy atom.